The minimum atomic E-state index is -4.71. The molecule has 3 aromatic rings. The minimum Gasteiger partial charge on any atom is -0.389 e. The zero-order valence-electron chi connectivity index (χ0n) is 23.3. The number of hydrogen-bond acceptors (Lipinski definition) is 8. The quantitative estimate of drug-likeness (QED) is 0.387. The van der Waals surface area contributed by atoms with Crippen LogP contribution in [0, 0.1) is 0 Å². The van der Waals surface area contributed by atoms with Crippen LogP contribution in [0.5, 0.6) is 0 Å². The number of sulfonamides is 1. The SMILES string of the molecule is C[C@@]1(O)CCN(CCc2cccc(-n3cnc(-c4nc(NC5CCN(S(C)(=O)=O)CC5)ncc4C(F)(F)F)c3)c2Cl)C1. The summed E-state index contributed by atoms with van der Waals surface area (Å²) in [5.41, 5.74) is -0.643. The van der Waals surface area contributed by atoms with Gasteiger partial charge in [-0.1, -0.05) is 23.7 Å². The number of alkyl halides is 3. The number of nitrogens with one attached hydrogen (secondary N) is 1. The Bertz CT molecular complexity index is 1540. The fourth-order valence-electron chi connectivity index (χ4n) is 5.41. The van der Waals surface area contributed by atoms with Crippen LogP contribution in [0.2, 0.25) is 5.02 Å². The number of nitrogens with zero attached hydrogens (tertiary/aromatic N) is 6. The molecule has 0 unspecified atom stereocenters. The summed E-state index contributed by atoms with van der Waals surface area (Å²) in [4.78, 5) is 14.5. The Morgan fingerprint density at radius 1 is 1.19 bits per heavy atom. The zero-order chi connectivity index (χ0) is 30.3. The highest BCUT2D eigenvalue weighted by molar-refractivity contribution is 7.88. The van der Waals surface area contributed by atoms with E-state index in [0.29, 0.717) is 62.6 Å². The largest absolute Gasteiger partial charge is 0.420 e. The van der Waals surface area contributed by atoms with Crippen LogP contribution in [-0.2, 0) is 22.6 Å². The number of likely N-dealkylation sites (tertiary alicyclic amines) is 1. The first-order valence-corrected chi connectivity index (χ1v) is 15.8. The van der Waals surface area contributed by atoms with Gasteiger partial charge in [0, 0.05) is 51.2 Å². The van der Waals surface area contributed by atoms with Crippen LogP contribution in [0.25, 0.3) is 17.1 Å². The molecular weight excluding hydrogens is 595 g/mol. The van der Waals surface area contributed by atoms with Gasteiger partial charge in [-0.2, -0.15) is 13.2 Å². The molecule has 2 aromatic heterocycles. The highest BCUT2D eigenvalue weighted by Crippen LogP contribution is 2.36. The standard InChI is InChI=1S/C27H33ClF3N7O3S/c1-26(39)9-13-36(16-26)10-6-18-4-3-5-22(23(18)28)37-15-21(33-17-37)24-20(27(29,30)31)14-32-25(35-24)34-19-7-11-38(12-8-19)42(2,40)41/h3-5,14-15,17,19,39H,6-13,16H2,1-2H3,(H,32,34,35)/t26-/m1/s1. The Morgan fingerprint density at radius 2 is 1.93 bits per heavy atom. The lowest BCUT2D eigenvalue weighted by molar-refractivity contribution is -0.137. The Hall–Kier alpha value is -2.78. The van der Waals surface area contributed by atoms with Gasteiger partial charge in [0.05, 0.1) is 22.6 Å². The fourth-order valence-corrected chi connectivity index (χ4v) is 6.60. The minimum absolute atomic E-state index is 0.000406. The van der Waals surface area contributed by atoms with Gasteiger partial charge >= 0.3 is 6.18 Å². The summed E-state index contributed by atoms with van der Waals surface area (Å²) in [6, 6.07) is 5.30. The second kappa shape index (κ2) is 11.7. The molecule has 4 heterocycles. The molecule has 0 amide bonds. The lowest BCUT2D eigenvalue weighted by Crippen LogP contribution is -2.42. The van der Waals surface area contributed by atoms with Gasteiger partial charge < -0.3 is 19.9 Å². The van der Waals surface area contributed by atoms with E-state index in [-0.39, 0.29) is 23.4 Å². The molecule has 2 saturated heterocycles. The molecular formula is C27H33ClF3N7O3S. The van der Waals surface area contributed by atoms with Crippen molar-refractivity contribution in [1.82, 2.24) is 28.7 Å². The van der Waals surface area contributed by atoms with Crippen molar-refractivity contribution in [2.24, 2.45) is 0 Å². The summed E-state index contributed by atoms with van der Waals surface area (Å²) in [6.07, 6.45) is 2.31. The number of piperidine rings is 1. The molecule has 1 aromatic carbocycles. The molecule has 0 aliphatic carbocycles. The van der Waals surface area contributed by atoms with Crippen molar-refractivity contribution in [2.45, 2.75) is 50.4 Å². The van der Waals surface area contributed by atoms with Crippen molar-refractivity contribution in [2.75, 3.05) is 44.3 Å². The van der Waals surface area contributed by atoms with Crippen LogP contribution in [0.1, 0.15) is 37.3 Å². The summed E-state index contributed by atoms with van der Waals surface area (Å²) in [5.74, 6) is 0.00581. The number of halogens is 4. The van der Waals surface area contributed by atoms with Gasteiger partial charge in [0.15, 0.2) is 0 Å². The lowest BCUT2D eigenvalue weighted by Gasteiger charge is -2.30. The molecule has 1 atom stereocenters. The van der Waals surface area contributed by atoms with Crippen LogP contribution in [-0.4, -0.2) is 92.9 Å². The number of hydrogen-bond donors (Lipinski definition) is 2. The number of aliphatic hydroxyl groups is 1. The Labute approximate surface area is 247 Å². The second-order valence-electron chi connectivity index (χ2n) is 11.2. The smallest absolute Gasteiger partial charge is 0.389 e. The summed E-state index contributed by atoms with van der Waals surface area (Å²) in [6.45, 7) is 4.52. The average molecular weight is 628 g/mol. The monoisotopic (exact) mass is 627 g/mol. The molecule has 15 heteroatoms. The van der Waals surface area contributed by atoms with E-state index >= 15 is 0 Å². The summed E-state index contributed by atoms with van der Waals surface area (Å²) in [5, 5.41) is 13.7. The number of rotatable bonds is 8. The summed E-state index contributed by atoms with van der Waals surface area (Å²) >= 11 is 6.74. The van der Waals surface area contributed by atoms with E-state index < -0.39 is 27.4 Å². The van der Waals surface area contributed by atoms with Gasteiger partial charge in [0.25, 0.3) is 0 Å². The molecule has 5 rings (SSSR count). The van der Waals surface area contributed by atoms with E-state index in [0.717, 1.165) is 24.6 Å². The van der Waals surface area contributed by atoms with Gasteiger partial charge in [0.1, 0.15) is 23.3 Å². The van der Waals surface area contributed by atoms with Crippen molar-refractivity contribution in [3.63, 3.8) is 0 Å². The van der Waals surface area contributed by atoms with E-state index in [2.05, 4.69) is 25.2 Å². The summed E-state index contributed by atoms with van der Waals surface area (Å²) < 4.78 is 68.3. The number of β-amino-alcohol motifs (C(OH)–C–C–N with tert-alkyl or cyclic N) is 1. The molecule has 228 valence electrons. The first-order chi connectivity index (χ1) is 19.7. The van der Waals surface area contributed by atoms with Crippen LogP contribution >= 0.6 is 11.6 Å². The number of imidazole rings is 1. The maximum atomic E-state index is 13.9. The van der Waals surface area contributed by atoms with Crippen LogP contribution in [0.4, 0.5) is 19.1 Å². The Balaban J connectivity index is 1.36. The predicted molar refractivity (Wildman–Crippen MR) is 153 cm³/mol. The second-order valence-corrected chi connectivity index (χ2v) is 13.6. The first kappa shape index (κ1) is 30.7. The molecule has 0 bridgehead atoms. The molecule has 2 N–H and O–H groups in total. The number of aromatic nitrogens is 4. The van der Waals surface area contributed by atoms with E-state index in [4.69, 9.17) is 11.6 Å². The third-order valence-electron chi connectivity index (χ3n) is 7.74. The van der Waals surface area contributed by atoms with Gasteiger partial charge in [-0.25, -0.2) is 27.7 Å². The molecule has 0 spiro atoms. The van der Waals surface area contributed by atoms with Gasteiger partial charge in [-0.05, 0) is 44.2 Å². The Kier molecular flexibility index (Phi) is 8.56. The van der Waals surface area contributed by atoms with Crippen molar-refractivity contribution in [3.05, 3.63) is 53.1 Å². The average Bonchev–Trinajstić information content (AvgIpc) is 3.53. The lowest BCUT2D eigenvalue weighted by atomic mass is 10.1. The van der Waals surface area contributed by atoms with Crippen molar-refractivity contribution in [1.29, 1.82) is 0 Å². The predicted octanol–water partition coefficient (Wildman–Crippen LogP) is 3.84. The van der Waals surface area contributed by atoms with Crippen molar-refractivity contribution >= 4 is 27.6 Å². The van der Waals surface area contributed by atoms with Gasteiger partial charge in [-0.15, -0.1) is 0 Å². The van der Waals surface area contributed by atoms with Crippen LogP contribution < -0.4 is 5.32 Å². The molecule has 0 radical (unpaired) electrons. The third kappa shape index (κ3) is 7.05. The zero-order valence-corrected chi connectivity index (χ0v) is 24.8. The van der Waals surface area contributed by atoms with E-state index in [1.165, 1.54) is 16.8 Å². The van der Waals surface area contributed by atoms with Crippen LogP contribution in [0.15, 0.2) is 36.9 Å². The highest BCUT2D eigenvalue weighted by Gasteiger charge is 2.36. The molecule has 2 fully saturated rings. The van der Waals surface area contributed by atoms with E-state index in [9.17, 15) is 26.7 Å². The molecule has 10 nitrogen and oxygen atoms in total. The van der Waals surface area contributed by atoms with E-state index in [1.54, 1.807) is 10.6 Å². The fraction of sp³-hybridized carbons (Fsp3) is 0.519. The maximum Gasteiger partial charge on any atom is 0.420 e. The van der Waals surface area contributed by atoms with Crippen molar-refractivity contribution in [3.8, 4) is 17.1 Å². The topological polar surface area (TPSA) is 116 Å². The van der Waals surface area contributed by atoms with Crippen LogP contribution in [0.3, 0.4) is 0 Å². The molecule has 42 heavy (non-hydrogen) atoms. The van der Waals surface area contributed by atoms with E-state index in [1.807, 2.05) is 19.1 Å². The van der Waals surface area contributed by atoms with Gasteiger partial charge in [-0.3, -0.25) is 0 Å². The van der Waals surface area contributed by atoms with Crippen molar-refractivity contribution < 1.29 is 26.7 Å². The maximum absolute atomic E-state index is 13.9. The highest BCUT2D eigenvalue weighted by atomic mass is 35.5. The molecule has 2 aliphatic rings. The Morgan fingerprint density at radius 3 is 2.57 bits per heavy atom. The molecule has 0 saturated carbocycles. The number of anilines is 1. The summed E-state index contributed by atoms with van der Waals surface area (Å²) in [7, 11) is -3.31. The first-order valence-electron chi connectivity index (χ1n) is 13.6. The molecule has 2 aliphatic heterocycles. The third-order valence-corrected chi connectivity index (χ3v) is 9.48. The normalized spacial score (nSPS) is 21.2. The van der Waals surface area contributed by atoms with Gasteiger partial charge in [0.2, 0.25) is 16.0 Å². The number of benzene rings is 1.